The first-order chi connectivity index (χ1) is 8.31. The van der Waals surface area contributed by atoms with E-state index in [0.29, 0.717) is 6.54 Å². The van der Waals surface area contributed by atoms with Crippen LogP contribution in [-0.2, 0) is 19.5 Å². The third-order valence-corrected chi connectivity index (χ3v) is 3.52. The number of aryl methyl sites for hydroxylation is 3. The summed E-state index contributed by atoms with van der Waals surface area (Å²) in [6.07, 6.45) is 8.32. The summed E-state index contributed by atoms with van der Waals surface area (Å²) in [5.41, 5.74) is 1.35. The summed E-state index contributed by atoms with van der Waals surface area (Å²) in [7, 11) is 0. The van der Waals surface area contributed by atoms with Gasteiger partial charge in [-0.15, -0.1) is 0 Å². The molecule has 0 radical (unpaired) electrons. The van der Waals surface area contributed by atoms with Crippen molar-refractivity contribution in [2.24, 2.45) is 0 Å². The molecule has 0 fully saturated rings. The predicted molar refractivity (Wildman–Crippen MR) is 67.2 cm³/mol. The molecule has 2 aromatic heterocycles. The van der Waals surface area contributed by atoms with E-state index in [2.05, 4.69) is 16.6 Å². The van der Waals surface area contributed by atoms with E-state index in [-0.39, 0.29) is 5.56 Å². The van der Waals surface area contributed by atoms with Gasteiger partial charge in [-0.1, -0.05) is 6.92 Å². The van der Waals surface area contributed by atoms with Crippen LogP contribution < -0.4 is 5.56 Å². The van der Waals surface area contributed by atoms with Gasteiger partial charge in [0.25, 0.3) is 5.56 Å². The Labute approximate surface area is 99.9 Å². The highest BCUT2D eigenvalue weighted by molar-refractivity contribution is 5.84. The van der Waals surface area contributed by atoms with Gasteiger partial charge in [-0.25, -0.2) is 4.68 Å². The Balaban J connectivity index is 2.24. The second kappa shape index (κ2) is 4.02. The lowest BCUT2D eigenvalue weighted by Crippen LogP contribution is -2.22. The van der Waals surface area contributed by atoms with Gasteiger partial charge in [0.15, 0.2) is 0 Å². The minimum atomic E-state index is 0.0613. The number of hydrogen-bond acceptors (Lipinski definition) is 2. The molecule has 0 amide bonds. The molecule has 0 atom stereocenters. The van der Waals surface area contributed by atoms with Crippen molar-refractivity contribution >= 4 is 10.8 Å². The van der Waals surface area contributed by atoms with E-state index in [4.69, 9.17) is 0 Å². The van der Waals surface area contributed by atoms with Crippen LogP contribution >= 0.6 is 0 Å². The van der Waals surface area contributed by atoms with Crippen LogP contribution in [0.1, 0.15) is 31.9 Å². The van der Waals surface area contributed by atoms with Gasteiger partial charge in [0, 0.05) is 30.4 Å². The molecule has 4 heteroatoms. The fourth-order valence-electron chi connectivity index (χ4n) is 2.67. The van der Waals surface area contributed by atoms with Crippen molar-refractivity contribution < 1.29 is 0 Å². The molecule has 0 N–H and O–H groups in total. The SMILES string of the molecule is CCCn1ncc2c3n(cc2c1=O)CCCC3. The molecule has 1 aliphatic heterocycles. The average Bonchev–Trinajstić information content (AvgIpc) is 2.73. The molecular weight excluding hydrogens is 214 g/mol. The summed E-state index contributed by atoms with van der Waals surface area (Å²) in [6, 6.07) is 0. The van der Waals surface area contributed by atoms with Crippen LogP contribution in [0.5, 0.6) is 0 Å². The number of nitrogens with zero attached hydrogens (tertiary/aromatic N) is 3. The largest absolute Gasteiger partial charge is 0.350 e. The summed E-state index contributed by atoms with van der Waals surface area (Å²) < 4.78 is 3.81. The smallest absolute Gasteiger partial charge is 0.276 e. The first-order valence-corrected chi connectivity index (χ1v) is 6.39. The Hall–Kier alpha value is -1.58. The Morgan fingerprint density at radius 1 is 1.35 bits per heavy atom. The Morgan fingerprint density at radius 3 is 3.06 bits per heavy atom. The highest BCUT2D eigenvalue weighted by atomic mass is 16.1. The van der Waals surface area contributed by atoms with Crippen LogP contribution in [0.2, 0.25) is 0 Å². The normalized spacial score (nSPS) is 15.1. The second-order valence-electron chi connectivity index (χ2n) is 4.73. The van der Waals surface area contributed by atoms with E-state index < -0.39 is 0 Å². The maximum absolute atomic E-state index is 12.2. The van der Waals surface area contributed by atoms with Gasteiger partial charge in [0.05, 0.1) is 11.6 Å². The minimum absolute atomic E-state index is 0.0613. The molecule has 0 bridgehead atoms. The van der Waals surface area contributed by atoms with E-state index in [1.54, 1.807) is 4.68 Å². The zero-order valence-electron chi connectivity index (χ0n) is 10.1. The molecule has 90 valence electrons. The predicted octanol–water partition coefficient (Wildman–Crippen LogP) is 1.94. The highest BCUT2D eigenvalue weighted by Crippen LogP contribution is 2.23. The fraction of sp³-hybridized carbons (Fsp3) is 0.538. The monoisotopic (exact) mass is 231 g/mol. The molecule has 17 heavy (non-hydrogen) atoms. The average molecular weight is 231 g/mol. The summed E-state index contributed by atoms with van der Waals surface area (Å²) >= 11 is 0. The van der Waals surface area contributed by atoms with Gasteiger partial charge in [-0.3, -0.25) is 4.79 Å². The Bertz CT molecular complexity index is 609. The van der Waals surface area contributed by atoms with Gasteiger partial charge in [-0.05, 0) is 25.7 Å². The number of aromatic nitrogens is 3. The molecule has 0 aliphatic carbocycles. The Morgan fingerprint density at radius 2 is 2.24 bits per heavy atom. The molecule has 3 heterocycles. The van der Waals surface area contributed by atoms with Gasteiger partial charge < -0.3 is 4.57 Å². The standard InChI is InChI=1S/C13H17N3O/c1-2-6-16-13(17)11-9-15-7-4-3-5-12(15)10(11)8-14-16/h8-9H,2-7H2,1H3. The third-order valence-electron chi connectivity index (χ3n) is 3.52. The summed E-state index contributed by atoms with van der Waals surface area (Å²) in [5.74, 6) is 0. The van der Waals surface area contributed by atoms with Crippen LogP contribution in [0, 0.1) is 0 Å². The second-order valence-corrected chi connectivity index (χ2v) is 4.73. The lowest BCUT2D eigenvalue weighted by Gasteiger charge is -2.14. The van der Waals surface area contributed by atoms with E-state index in [1.807, 2.05) is 12.4 Å². The Kier molecular flexibility index (Phi) is 2.50. The first-order valence-electron chi connectivity index (χ1n) is 6.39. The molecular formula is C13H17N3O. The fourth-order valence-corrected chi connectivity index (χ4v) is 2.67. The molecule has 0 saturated heterocycles. The molecule has 0 unspecified atom stereocenters. The van der Waals surface area contributed by atoms with Gasteiger partial charge in [0.2, 0.25) is 0 Å². The zero-order valence-corrected chi connectivity index (χ0v) is 10.1. The first kappa shape index (κ1) is 10.6. The minimum Gasteiger partial charge on any atom is -0.350 e. The molecule has 0 saturated carbocycles. The van der Waals surface area contributed by atoms with Crippen molar-refractivity contribution in [2.45, 2.75) is 45.7 Å². The molecule has 2 aromatic rings. The topological polar surface area (TPSA) is 39.8 Å². The van der Waals surface area contributed by atoms with Gasteiger partial charge in [0.1, 0.15) is 0 Å². The van der Waals surface area contributed by atoms with Gasteiger partial charge in [-0.2, -0.15) is 5.10 Å². The quantitative estimate of drug-likeness (QED) is 0.792. The van der Waals surface area contributed by atoms with Crippen molar-refractivity contribution in [3.63, 3.8) is 0 Å². The summed E-state index contributed by atoms with van der Waals surface area (Å²) in [5, 5.41) is 6.16. The van der Waals surface area contributed by atoms with Crippen LogP contribution in [0.3, 0.4) is 0 Å². The maximum atomic E-state index is 12.2. The zero-order chi connectivity index (χ0) is 11.8. The van der Waals surface area contributed by atoms with Crippen molar-refractivity contribution in [2.75, 3.05) is 0 Å². The maximum Gasteiger partial charge on any atom is 0.276 e. The van der Waals surface area contributed by atoms with E-state index in [0.717, 1.165) is 30.2 Å². The number of fused-ring (bicyclic) bond motifs is 3. The molecule has 0 aromatic carbocycles. The highest BCUT2D eigenvalue weighted by Gasteiger charge is 2.16. The van der Waals surface area contributed by atoms with Crippen LogP contribution in [0.15, 0.2) is 17.2 Å². The summed E-state index contributed by atoms with van der Waals surface area (Å²) in [6.45, 7) is 3.80. The molecule has 3 rings (SSSR count). The van der Waals surface area contributed by atoms with Crippen molar-refractivity contribution in [3.05, 3.63) is 28.4 Å². The summed E-state index contributed by atoms with van der Waals surface area (Å²) in [4.78, 5) is 12.2. The van der Waals surface area contributed by atoms with E-state index in [1.165, 1.54) is 18.5 Å². The van der Waals surface area contributed by atoms with Crippen LogP contribution in [0.4, 0.5) is 0 Å². The number of hydrogen-bond donors (Lipinski definition) is 0. The van der Waals surface area contributed by atoms with Gasteiger partial charge >= 0.3 is 0 Å². The van der Waals surface area contributed by atoms with E-state index in [9.17, 15) is 4.79 Å². The van der Waals surface area contributed by atoms with Crippen molar-refractivity contribution in [1.29, 1.82) is 0 Å². The van der Waals surface area contributed by atoms with E-state index >= 15 is 0 Å². The van der Waals surface area contributed by atoms with Crippen LogP contribution in [-0.4, -0.2) is 14.3 Å². The molecule has 4 nitrogen and oxygen atoms in total. The van der Waals surface area contributed by atoms with Crippen LogP contribution in [0.25, 0.3) is 10.8 Å². The van der Waals surface area contributed by atoms with Crippen molar-refractivity contribution in [3.8, 4) is 0 Å². The lowest BCUT2D eigenvalue weighted by atomic mass is 10.1. The van der Waals surface area contributed by atoms with Crippen molar-refractivity contribution in [1.82, 2.24) is 14.3 Å². The third kappa shape index (κ3) is 1.59. The lowest BCUT2D eigenvalue weighted by molar-refractivity contribution is 0.536. The number of rotatable bonds is 2. The molecule has 1 aliphatic rings. The molecule has 0 spiro atoms.